The van der Waals surface area contributed by atoms with Crippen molar-refractivity contribution >= 4 is 21.9 Å². The fourth-order valence-corrected chi connectivity index (χ4v) is 6.57. The molecule has 33 heavy (non-hydrogen) atoms. The molecule has 0 N–H and O–H groups in total. The van der Waals surface area contributed by atoms with E-state index in [1.807, 2.05) is 56.3 Å². The van der Waals surface area contributed by atoms with Gasteiger partial charge in [0, 0.05) is 6.54 Å². The van der Waals surface area contributed by atoms with Crippen LogP contribution in [0.1, 0.15) is 31.4 Å². The minimum atomic E-state index is -4.11. The van der Waals surface area contributed by atoms with E-state index in [-0.39, 0.29) is 29.9 Å². The number of rotatable bonds is 5. The molecule has 0 bridgehead atoms. The zero-order chi connectivity index (χ0) is 23.8. The maximum absolute atomic E-state index is 14.0. The van der Waals surface area contributed by atoms with Crippen LogP contribution in [0.2, 0.25) is 0 Å². The number of carbonyl (C=O) groups is 2. The second-order valence-electron chi connectivity index (χ2n) is 9.05. The summed E-state index contributed by atoms with van der Waals surface area (Å²) in [6, 6.07) is 15.6. The highest BCUT2D eigenvalue weighted by Gasteiger charge is 2.63. The highest BCUT2D eigenvalue weighted by atomic mass is 32.2. The zero-order valence-corrected chi connectivity index (χ0v) is 19.9. The molecule has 1 aliphatic heterocycles. The van der Waals surface area contributed by atoms with Crippen molar-refractivity contribution in [2.75, 3.05) is 6.54 Å². The zero-order valence-electron chi connectivity index (χ0n) is 19.1. The minimum absolute atomic E-state index is 0.0248. The maximum atomic E-state index is 14.0. The fourth-order valence-electron chi connectivity index (χ4n) is 5.12. The first-order valence-electron chi connectivity index (χ1n) is 11.2. The number of fused-ring (bicyclic) bond motifs is 1. The van der Waals surface area contributed by atoms with Gasteiger partial charge in [0.05, 0.1) is 4.90 Å². The molecule has 2 unspecified atom stereocenters. The molecule has 6 nitrogen and oxygen atoms in total. The standard InChI is InChI=1S/C26H29NO5S/c1-18-9-13-22(14-10-18)33(30,31)27-16-15-23-19(2)11-12-20(3)26(23,24(27)28)25(29)32-17-21-7-5-4-6-8-21/h4-14,19-20,23H,15-17H2,1-3H3/t19?,20?,23-,26-/m1/s1. The molecule has 4 atom stereocenters. The van der Waals surface area contributed by atoms with E-state index >= 15 is 0 Å². The van der Waals surface area contributed by atoms with Gasteiger partial charge in [-0.25, -0.2) is 12.7 Å². The predicted octanol–water partition coefficient (Wildman–Crippen LogP) is 4.10. The van der Waals surface area contributed by atoms with Crippen molar-refractivity contribution in [2.45, 2.75) is 38.7 Å². The number of carbonyl (C=O) groups excluding carboxylic acids is 2. The summed E-state index contributed by atoms with van der Waals surface area (Å²) in [4.78, 5) is 27.7. The summed E-state index contributed by atoms with van der Waals surface area (Å²) >= 11 is 0. The van der Waals surface area contributed by atoms with E-state index in [9.17, 15) is 18.0 Å². The molecule has 0 saturated carbocycles. The Balaban J connectivity index is 1.73. The van der Waals surface area contributed by atoms with Gasteiger partial charge in [-0.1, -0.05) is 74.0 Å². The minimum Gasteiger partial charge on any atom is -0.460 e. The maximum Gasteiger partial charge on any atom is 0.322 e. The van der Waals surface area contributed by atoms with Crippen molar-refractivity contribution in [1.82, 2.24) is 4.31 Å². The Kier molecular flexibility index (Phi) is 6.18. The highest BCUT2D eigenvalue weighted by Crippen LogP contribution is 2.52. The van der Waals surface area contributed by atoms with Gasteiger partial charge in [0.25, 0.3) is 15.9 Å². The van der Waals surface area contributed by atoms with Crippen LogP contribution < -0.4 is 0 Å². The summed E-state index contributed by atoms with van der Waals surface area (Å²) in [5, 5.41) is 0. The molecular weight excluding hydrogens is 438 g/mol. The number of nitrogens with zero attached hydrogens (tertiary/aromatic N) is 1. The van der Waals surface area contributed by atoms with E-state index in [2.05, 4.69) is 0 Å². The highest BCUT2D eigenvalue weighted by molar-refractivity contribution is 7.89. The van der Waals surface area contributed by atoms with E-state index in [1.165, 1.54) is 12.1 Å². The molecule has 7 heteroatoms. The SMILES string of the molecule is Cc1ccc(S(=O)(=O)N2CC[C@@H]3C(C)C=CC(C)[C@]3(C(=O)OCc3ccccc3)C2=O)cc1. The number of amides is 1. The van der Waals surface area contributed by atoms with E-state index in [4.69, 9.17) is 4.74 Å². The summed E-state index contributed by atoms with van der Waals surface area (Å²) in [5.41, 5.74) is 0.136. The molecule has 4 rings (SSSR count). The van der Waals surface area contributed by atoms with Gasteiger partial charge < -0.3 is 4.74 Å². The smallest absolute Gasteiger partial charge is 0.322 e. The Bertz CT molecular complexity index is 1170. The van der Waals surface area contributed by atoms with Crippen LogP contribution in [0.3, 0.4) is 0 Å². The monoisotopic (exact) mass is 467 g/mol. The Hall–Kier alpha value is -2.93. The Morgan fingerprint density at radius 2 is 1.73 bits per heavy atom. The molecule has 2 aromatic carbocycles. The van der Waals surface area contributed by atoms with Crippen molar-refractivity contribution in [3.8, 4) is 0 Å². The van der Waals surface area contributed by atoms with Gasteiger partial charge in [-0.15, -0.1) is 0 Å². The van der Waals surface area contributed by atoms with Gasteiger partial charge in [-0.05, 0) is 48.8 Å². The van der Waals surface area contributed by atoms with Crippen LogP contribution >= 0.6 is 0 Å². The molecule has 1 aliphatic carbocycles. The van der Waals surface area contributed by atoms with Gasteiger partial charge in [0.1, 0.15) is 6.61 Å². The number of piperidine rings is 1. The Morgan fingerprint density at radius 1 is 1.06 bits per heavy atom. The first-order chi connectivity index (χ1) is 15.7. The van der Waals surface area contributed by atoms with E-state index in [0.29, 0.717) is 6.42 Å². The van der Waals surface area contributed by atoms with Crippen LogP contribution in [0.4, 0.5) is 0 Å². The van der Waals surface area contributed by atoms with Crippen molar-refractivity contribution < 1.29 is 22.7 Å². The van der Waals surface area contributed by atoms with Crippen LogP contribution in [-0.2, 0) is 31.0 Å². The number of benzene rings is 2. The lowest BCUT2D eigenvalue weighted by atomic mass is 9.57. The average Bonchev–Trinajstić information content (AvgIpc) is 2.80. The third kappa shape index (κ3) is 3.88. The lowest BCUT2D eigenvalue weighted by Gasteiger charge is -2.50. The molecule has 0 spiro atoms. The number of allylic oxidation sites excluding steroid dienone is 2. The van der Waals surface area contributed by atoms with Crippen LogP contribution in [-0.4, -0.2) is 31.1 Å². The van der Waals surface area contributed by atoms with Gasteiger partial charge in [-0.2, -0.15) is 0 Å². The van der Waals surface area contributed by atoms with Crippen molar-refractivity contribution in [1.29, 1.82) is 0 Å². The van der Waals surface area contributed by atoms with Crippen LogP contribution in [0.5, 0.6) is 0 Å². The van der Waals surface area contributed by atoms with Crippen LogP contribution in [0.25, 0.3) is 0 Å². The van der Waals surface area contributed by atoms with Gasteiger partial charge in [0.15, 0.2) is 5.41 Å². The van der Waals surface area contributed by atoms with Crippen LogP contribution in [0.15, 0.2) is 71.6 Å². The van der Waals surface area contributed by atoms with Crippen molar-refractivity contribution in [3.63, 3.8) is 0 Å². The summed E-state index contributed by atoms with van der Waals surface area (Å²) in [5.74, 6) is -2.24. The lowest BCUT2D eigenvalue weighted by molar-refractivity contribution is -0.178. The summed E-state index contributed by atoms with van der Waals surface area (Å²) in [7, 11) is -4.11. The topological polar surface area (TPSA) is 80.8 Å². The van der Waals surface area contributed by atoms with E-state index < -0.39 is 33.2 Å². The molecule has 174 valence electrons. The average molecular weight is 468 g/mol. The van der Waals surface area contributed by atoms with Gasteiger partial charge >= 0.3 is 5.97 Å². The molecular formula is C26H29NO5S. The molecule has 1 amide bonds. The van der Waals surface area contributed by atoms with Crippen molar-refractivity contribution in [2.24, 2.45) is 23.2 Å². The number of esters is 1. The summed E-state index contributed by atoms with van der Waals surface area (Å²) in [6.45, 7) is 5.68. The molecule has 1 heterocycles. The molecule has 1 fully saturated rings. The number of hydrogen-bond donors (Lipinski definition) is 0. The molecule has 0 radical (unpaired) electrons. The third-order valence-corrected chi connectivity index (χ3v) is 8.82. The predicted molar refractivity (Wildman–Crippen MR) is 124 cm³/mol. The second-order valence-corrected chi connectivity index (χ2v) is 10.9. The Labute approximate surface area is 195 Å². The van der Waals surface area contributed by atoms with Gasteiger partial charge in [-0.3, -0.25) is 9.59 Å². The quantitative estimate of drug-likeness (QED) is 0.376. The second kappa shape index (κ2) is 8.78. The number of ether oxygens (including phenoxy) is 1. The first kappa shape index (κ1) is 23.2. The van der Waals surface area contributed by atoms with Crippen LogP contribution in [0, 0.1) is 30.1 Å². The van der Waals surface area contributed by atoms with Crippen molar-refractivity contribution in [3.05, 3.63) is 77.9 Å². The van der Waals surface area contributed by atoms with Gasteiger partial charge in [0.2, 0.25) is 0 Å². The molecule has 2 aliphatic rings. The first-order valence-corrected chi connectivity index (χ1v) is 12.7. The normalized spacial score (nSPS) is 27.2. The number of aryl methyl sites for hydroxylation is 1. The van der Waals surface area contributed by atoms with E-state index in [0.717, 1.165) is 15.4 Å². The summed E-state index contributed by atoms with van der Waals surface area (Å²) in [6.07, 6.45) is 4.24. The Morgan fingerprint density at radius 3 is 2.39 bits per heavy atom. The molecule has 2 aromatic rings. The lowest BCUT2D eigenvalue weighted by Crippen LogP contribution is -2.63. The fraction of sp³-hybridized carbons (Fsp3) is 0.385. The molecule has 1 saturated heterocycles. The van der Waals surface area contributed by atoms with E-state index in [1.54, 1.807) is 19.1 Å². The number of hydrogen-bond acceptors (Lipinski definition) is 5. The number of sulfonamides is 1. The third-order valence-electron chi connectivity index (χ3n) is 7.02. The largest absolute Gasteiger partial charge is 0.460 e. The molecule has 0 aromatic heterocycles. The summed E-state index contributed by atoms with van der Waals surface area (Å²) < 4.78 is 33.5.